The second-order valence-corrected chi connectivity index (χ2v) is 9.10. The van der Waals surface area contributed by atoms with Crippen molar-refractivity contribution < 1.29 is 24.0 Å². The highest BCUT2D eigenvalue weighted by molar-refractivity contribution is 6.23. The first-order chi connectivity index (χ1) is 16.9. The molecule has 1 fully saturated rings. The minimum atomic E-state index is -0.972. The van der Waals surface area contributed by atoms with E-state index in [0.717, 1.165) is 16.9 Å². The topological polar surface area (TPSA) is 116 Å². The summed E-state index contributed by atoms with van der Waals surface area (Å²) in [6, 6.07) is 12.2. The van der Waals surface area contributed by atoms with Crippen molar-refractivity contribution >= 4 is 29.7 Å². The molecule has 0 spiro atoms. The van der Waals surface area contributed by atoms with Crippen molar-refractivity contribution in [2.24, 2.45) is 0 Å². The fourth-order valence-corrected chi connectivity index (χ4v) is 4.94. The van der Waals surface area contributed by atoms with E-state index in [2.05, 4.69) is 22.8 Å². The largest absolute Gasteiger partial charge is 0.338 e. The number of carbonyl (C=O) groups is 5. The fourth-order valence-electron chi connectivity index (χ4n) is 4.94. The van der Waals surface area contributed by atoms with Crippen LogP contribution in [0, 0.1) is 0 Å². The maximum Gasteiger partial charge on any atom is 0.317 e. The van der Waals surface area contributed by atoms with E-state index in [4.69, 9.17) is 0 Å². The van der Waals surface area contributed by atoms with Gasteiger partial charge >= 0.3 is 6.03 Å². The Bertz CT molecular complexity index is 1240. The van der Waals surface area contributed by atoms with Crippen LogP contribution < -0.4 is 10.6 Å². The number of hydrogen-bond acceptors (Lipinski definition) is 5. The number of hydrogen-bond donors (Lipinski definition) is 2. The number of rotatable bonds is 5. The van der Waals surface area contributed by atoms with Gasteiger partial charge in [0.25, 0.3) is 11.8 Å². The van der Waals surface area contributed by atoms with E-state index in [0.29, 0.717) is 32.5 Å². The Labute approximate surface area is 202 Å². The smallest absolute Gasteiger partial charge is 0.317 e. The Morgan fingerprint density at radius 2 is 1.74 bits per heavy atom. The van der Waals surface area contributed by atoms with Crippen LogP contribution in [0.1, 0.15) is 56.7 Å². The summed E-state index contributed by atoms with van der Waals surface area (Å²) < 4.78 is 0. The molecule has 3 heterocycles. The van der Waals surface area contributed by atoms with Gasteiger partial charge in [-0.25, -0.2) is 4.79 Å². The zero-order valence-corrected chi connectivity index (χ0v) is 19.2. The number of nitrogens with one attached hydrogen (secondary N) is 2. The van der Waals surface area contributed by atoms with Gasteiger partial charge in [0.2, 0.25) is 11.8 Å². The lowest BCUT2D eigenvalue weighted by molar-refractivity contribution is -0.136. The summed E-state index contributed by atoms with van der Waals surface area (Å²) in [5.74, 6) is -2.05. The third-order valence-electron chi connectivity index (χ3n) is 6.84. The van der Waals surface area contributed by atoms with Crippen LogP contribution in [-0.2, 0) is 29.0 Å². The van der Waals surface area contributed by atoms with Crippen LogP contribution in [0.3, 0.4) is 0 Å². The molecule has 1 unspecified atom stereocenters. The van der Waals surface area contributed by atoms with Crippen LogP contribution in [0.5, 0.6) is 0 Å². The molecule has 3 aliphatic heterocycles. The standard InChI is InChI=1S/C26H26N4O5/c31-22-10-9-21(23(32)28-22)30-24(33)19-8-7-16(14-20(19)25(30)34)4-3-12-27-26(35)29-13-11-17-5-1-2-6-18(17)15-29/h1-2,5-8,14,21H,3-4,9-13,15H2,(H,27,35)(H,28,31,32). The number of imide groups is 2. The van der Waals surface area contributed by atoms with Crippen molar-refractivity contribution in [2.75, 3.05) is 13.1 Å². The lowest BCUT2D eigenvalue weighted by Gasteiger charge is -2.29. The number of fused-ring (bicyclic) bond motifs is 2. The van der Waals surface area contributed by atoms with Gasteiger partial charge in [-0.2, -0.15) is 0 Å². The van der Waals surface area contributed by atoms with Crippen molar-refractivity contribution in [3.05, 3.63) is 70.3 Å². The summed E-state index contributed by atoms with van der Waals surface area (Å²) in [4.78, 5) is 64.7. The van der Waals surface area contributed by atoms with Crippen LogP contribution in [-0.4, -0.2) is 58.6 Å². The second-order valence-electron chi connectivity index (χ2n) is 9.10. The maximum atomic E-state index is 12.9. The lowest BCUT2D eigenvalue weighted by Crippen LogP contribution is -2.54. The second kappa shape index (κ2) is 9.32. The number of nitrogens with zero attached hydrogens (tertiary/aromatic N) is 2. The lowest BCUT2D eigenvalue weighted by atomic mass is 10.0. The van der Waals surface area contributed by atoms with E-state index >= 15 is 0 Å². The highest BCUT2D eigenvalue weighted by Crippen LogP contribution is 2.28. The van der Waals surface area contributed by atoms with Gasteiger partial charge in [0.1, 0.15) is 6.04 Å². The van der Waals surface area contributed by atoms with Crippen LogP contribution in [0.25, 0.3) is 0 Å². The van der Waals surface area contributed by atoms with E-state index in [1.54, 1.807) is 18.2 Å². The molecule has 0 aromatic heterocycles. The van der Waals surface area contributed by atoms with Crippen molar-refractivity contribution in [2.45, 2.75) is 44.7 Å². The minimum Gasteiger partial charge on any atom is -0.338 e. The summed E-state index contributed by atoms with van der Waals surface area (Å²) in [6.45, 7) is 1.78. The first-order valence-electron chi connectivity index (χ1n) is 11.9. The molecule has 180 valence electrons. The van der Waals surface area contributed by atoms with E-state index in [1.165, 1.54) is 11.1 Å². The molecule has 9 heteroatoms. The summed E-state index contributed by atoms with van der Waals surface area (Å²) in [5, 5.41) is 5.16. The summed E-state index contributed by atoms with van der Waals surface area (Å²) in [7, 11) is 0. The van der Waals surface area contributed by atoms with E-state index in [1.807, 2.05) is 17.0 Å². The predicted molar refractivity (Wildman–Crippen MR) is 125 cm³/mol. The van der Waals surface area contributed by atoms with E-state index in [9.17, 15) is 24.0 Å². The summed E-state index contributed by atoms with van der Waals surface area (Å²) in [6.07, 6.45) is 2.36. The Balaban J connectivity index is 1.15. The Morgan fingerprint density at radius 3 is 2.54 bits per heavy atom. The van der Waals surface area contributed by atoms with Crippen molar-refractivity contribution in [3.8, 4) is 0 Å². The Morgan fingerprint density at radius 1 is 0.971 bits per heavy atom. The molecule has 2 aromatic carbocycles. The Hall–Kier alpha value is -4.01. The number of aryl methyl sites for hydroxylation is 1. The molecule has 0 aliphatic carbocycles. The van der Waals surface area contributed by atoms with Crippen molar-refractivity contribution in [1.29, 1.82) is 0 Å². The van der Waals surface area contributed by atoms with Crippen LogP contribution in [0.2, 0.25) is 0 Å². The van der Waals surface area contributed by atoms with Gasteiger partial charge < -0.3 is 10.2 Å². The molecule has 2 aromatic rings. The third-order valence-corrected chi connectivity index (χ3v) is 6.84. The average molecular weight is 475 g/mol. The van der Waals surface area contributed by atoms with Gasteiger partial charge in [-0.1, -0.05) is 30.3 Å². The Kier molecular flexibility index (Phi) is 6.07. The average Bonchev–Trinajstić information content (AvgIpc) is 3.11. The molecule has 3 aliphatic rings. The predicted octanol–water partition coefficient (Wildman–Crippen LogP) is 1.79. The third kappa shape index (κ3) is 4.41. The number of piperidine rings is 1. The van der Waals surface area contributed by atoms with E-state index in [-0.39, 0.29) is 30.0 Å². The molecule has 6 amide bonds. The summed E-state index contributed by atoms with van der Waals surface area (Å²) in [5.41, 5.74) is 3.88. The first kappa shape index (κ1) is 22.8. The molecule has 2 N–H and O–H groups in total. The maximum absolute atomic E-state index is 12.9. The normalized spacial score (nSPS) is 19.4. The zero-order chi connectivity index (χ0) is 24.5. The molecular weight excluding hydrogens is 448 g/mol. The SMILES string of the molecule is O=C1CCC(N2C(=O)c3ccc(CCCNC(=O)N4CCc5ccccc5C4)cc3C2=O)C(=O)N1. The van der Waals surface area contributed by atoms with Gasteiger partial charge in [0.05, 0.1) is 11.1 Å². The molecule has 35 heavy (non-hydrogen) atoms. The molecular formula is C26H26N4O5. The number of carbonyl (C=O) groups excluding carboxylic acids is 5. The molecule has 1 atom stereocenters. The van der Waals surface area contributed by atoms with Crippen molar-refractivity contribution in [1.82, 2.24) is 20.4 Å². The number of amides is 6. The highest BCUT2D eigenvalue weighted by Gasteiger charge is 2.44. The summed E-state index contributed by atoms with van der Waals surface area (Å²) >= 11 is 0. The number of urea groups is 1. The van der Waals surface area contributed by atoms with Gasteiger partial charge in [-0.3, -0.25) is 29.4 Å². The monoisotopic (exact) mass is 474 g/mol. The zero-order valence-electron chi connectivity index (χ0n) is 19.2. The van der Waals surface area contributed by atoms with Gasteiger partial charge in [-0.05, 0) is 54.5 Å². The van der Waals surface area contributed by atoms with Gasteiger partial charge in [0.15, 0.2) is 0 Å². The molecule has 5 rings (SSSR count). The minimum absolute atomic E-state index is 0.0880. The van der Waals surface area contributed by atoms with Crippen LogP contribution in [0.4, 0.5) is 4.79 Å². The van der Waals surface area contributed by atoms with Crippen LogP contribution in [0.15, 0.2) is 42.5 Å². The highest BCUT2D eigenvalue weighted by atomic mass is 16.2. The molecule has 9 nitrogen and oxygen atoms in total. The van der Waals surface area contributed by atoms with E-state index < -0.39 is 29.7 Å². The molecule has 0 saturated carbocycles. The fraction of sp³-hybridized carbons (Fsp3) is 0.346. The van der Waals surface area contributed by atoms with Crippen molar-refractivity contribution in [3.63, 3.8) is 0 Å². The molecule has 0 radical (unpaired) electrons. The first-order valence-corrected chi connectivity index (χ1v) is 11.9. The molecule has 1 saturated heterocycles. The quantitative estimate of drug-likeness (QED) is 0.506. The number of benzene rings is 2. The van der Waals surface area contributed by atoms with Gasteiger partial charge in [0, 0.05) is 26.1 Å². The molecule has 0 bridgehead atoms. The van der Waals surface area contributed by atoms with Gasteiger partial charge in [-0.15, -0.1) is 0 Å². The van der Waals surface area contributed by atoms with Crippen LogP contribution >= 0.6 is 0 Å².